The van der Waals surface area contributed by atoms with Gasteiger partial charge in [-0.1, -0.05) is 42.5 Å². The summed E-state index contributed by atoms with van der Waals surface area (Å²) in [6, 6.07) is 8.17. The van der Waals surface area contributed by atoms with E-state index in [2.05, 4.69) is 0 Å². The van der Waals surface area contributed by atoms with Gasteiger partial charge < -0.3 is 25.5 Å². The van der Waals surface area contributed by atoms with Crippen LogP contribution in [0.4, 0.5) is 0 Å². The van der Waals surface area contributed by atoms with Crippen LogP contribution in [0.2, 0.25) is 0 Å². The molecule has 0 heterocycles. The van der Waals surface area contributed by atoms with Crippen molar-refractivity contribution in [3.8, 4) is 0 Å². The molecule has 0 aliphatic rings. The van der Waals surface area contributed by atoms with Gasteiger partial charge >= 0.3 is 0 Å². The fourth-order valence-electron chi connectivity index (χ4n) is 1.54. The van der Waals surface area contributed by atoms with Gasteiger partial charge in [0.15, 0.2) is 0 Å². The van der Waals surface area contributed by atoms with Crippen LogP contribution in [0.25, 0.3) is 0 Å². The Morgan fingerprint density at radius 1 is 1.05 bits per heavy atom. The summed E-state index contributed by atoms with van der Waals surface area (Å²) in [5, 5.41) is 46.6. The molecule has 0 aliphatic heterocycles. The van der Waals surface area contributed by atoms with Crippen molar-refractivity contribution in [2.24, 2.45) is 0 Å². The predicted octanol–water partition coefficient (Wildman–Crippen LogP) is -1.59. The summed E-state index contributed by atoms with van der Waals surface area (Å²) in [5.41, 5.74) is 0.399. The summed E-state index contributed by atoms with van der Waals surface area (Å²) in [4.78, 5) is 11.7. The lowest BCUT2D eigenvalue weighted by atomic mass is 9.96. The first-order valence-corrected chi connectivity index (χ1v) is 6.27. The summed E-state index contributed by atoms with van der Waals surface area (Å²) >= 11 is 4.91. The van der Waals surface area contributed by atoms with E-state index in [-0.39, 0.29) is 4.86 Å². The molecule has 0 unspecified atom stereocenters. The minimum Gasteiger partial charge on any atom is -0.394 e. The van der Waals surface area contributed by atoms with Crippen LogP contribution in [0.15, 0.2) is 30.3 Å². The quantitative estimate of drug-likeness (QED) is 0.304. The number of aliphatic hydroxyl groups is 5. The molecule has 1 aromatic carbocycles. The highest BCUT2D eigenvalue weighted by molar-refractivity contribution is 7.82. The van der Waals surface area contributed by atoms with Gasteiger partial charge in [-0.05, 0) is 5.56 Å². The molecular formula is C13H16O6S. The third-order valence-electron chi connectivity index (χ3n) is 2.78. The zero-order valence-electron chi connectivity index (χ0n) is 10.5. The summed E-state index contributed by atoms with van der Waals surface area (Å²) in [5.74, 6) is -0.942. The number of ketones is 1. The van der Waals surface area contributed by atoms with Crippen molar-refractivity contribution in [3.05, 3.63) is 35.9 Å². The first-order chi connectivity index (χ1) is 9.40. The van der Waals surface area contributed by atoms with Gasteiger partial charge in [-0.2, -0.15) is 0 Å². The second-order valence-electron chi connectivity index (χ2n) is 4.24. The Balaban J connectivity index is 2.79. The molecule has 0 aliphatic carbocycles. The van der Waals surface area contributed by atoms with Crippen molar-refractivity contribution in [1.29, 1.82) is 0 Å². The van der Waals surface area contributed by atoms with Crippen LogP contribution < -0.4 is 0 Å². The normalized spacial score (nSPS) is 17.1. The number of hydrogen-bond donors (Lipinski definition) is 5. The molecule has 4 atom stereocenters. The highest BCUT2D eigenvalue weighted by Gasteiger charge is 2.35. The first kappa shape index (κ1) is 16.8. The second-order valence-corrected chi connectivity index (χ2v) is 4.64. The average Bonchev–Trinajstić information content (AvgIpc) is 2.51. The summed E-state index contributed by atoms with van der Waals surface area (Å²) in [6.45, 7) is -0.817. The molecule has 0 fully saturated rings. The molecule has 6 nitrogen and oxygen atoms in total. The van der Waals surface area contributed by atoms with E-state index in [1.165, 1.54) is 0 Å². The van der Waals surface area contributed by atoms with Crippen molar-refractivity contribution in [1.82, 2.24) is 0 Å². The molecule has 0 saturated heterocycles. The van der Waals surface area contributed by atoms with E-state index < -0.39 is 36.8 Å². The van der Waals surface area contributed by atoms with Crippen molar-refractivity contribution < 1.29 is 30.3 Å². The van der Waals surface area contributed by atoms with Crippen LogP contribution in [-0.4, -0.2) is 67.2 Å². The molecule has 0 aromatic heterocycles. The number of Topliss-reactive ketones (excluding diaryl/α,β-unsaturated/α-hetero) is 1. The van der Waals surface area contributed by atoms with E-state index in [0.29, 0.717) is 5.56 Å². The number of hydrogen-bond acceptors (Lipinski definition) is 7. The van der Waals surface area contributed by atoms with Gasteiger partial charge in [0.2, 0.25) is 5.78 Å². The first-order valence-electron chi connectivity index (χ1n) is 5.86. The maximum absolute atomic E-state index is 11.9. The number of rotatable bonds is 7. The average molecular weight is 300 g/mol. The molecule has 1 aromatic rings. The zero-order chi connectivity index (χ0) is 15.3. The van der Waals surface area contributed by atoms with Crippen molar-refractivity contribution in [3.63, 3.8) is 0 Å². The van der Waals surface area contributed by atoms with Crippen molar-refractivity contribution in [2.45, 2.75) is 24.4 Å². The Labute approximate surface area is 120 Å². The number of benzene rings is 1. The SMILES string of the molecule is O=C(C(=S)c1ccccc1)[C@H](O)[C@@H](O)[C@@H](O)[C@H](O)CO. The topological polar surface area (TPSA) is 118 Å². The van der Waals surface area contributed by atoms with Gasteiger partial charge in [0.1, 0.15) is 24.4 Å². The highest BCUT2D eigenvalue weighted by atomic mass is 32.1. The van der Waals surface area contributed by atoms with Crippen LogP contribution in [0.1, 0.15) is 5.56 Å². The monoisotopic (exact) mass is 300 g/mol. The molecule has 110 valence electrons. The third-order valence-corrected chi connectivity index (χ3v) is 3.22. The smallest absolute Gasteiger partial charge is 0.205 e. The van der Waals surface area contributed by atoms with Crippen molar-refractivity contribution in [2.75, 3.05) is 6.61 Å². The summed E-state index contributed by atoms with van der Waals surface area (Å²) < 4.78 is 0. The number of aliphatic hydroxyl groups excluding tert-OH is 5. The lowest BCUT2D eigenvalue weighted by Crippen LogP contribution is -2.50. The molecule has 0 spiro atoms. The largest absolute Gasteiger partial charge is 0.394 e. The molecule has 20 heavy (non-hydrogen) atoms. The molecular weight excluding hydrogens is 284 g/mol. The number of carbonyl (C=O) groups excluding carboxylic acids is 1. The number of thiocarbonyl (C=S) groups is 1. The fraction of sp³-hybridized carbons (Fsp3) is 0.385. The zero-order valence-corrected chi connectivity index (χ0v) is 11.3. The summed E-state index contributed by atoms with van der Waals surface area (Å²) in [7, 11) is 0. The van der Waals surface area contributed by atoms with E-state index in [0.717, 1.165) is 0 Å². The standard InChI is InChI=1S/C13H16O6S/c14-6-8(15)9(16)10(17)11(18)12(19)13(20)7-4-2-1-3-5-7/h1-5,8-11,14-18H,6H2/t8-,9+,10+,11-/m1/s1. The Bertz CT molecular complexity index is 463. The lowest BCUT2D eigenvalue weighted by Gasteiger charge is -2.24. The maximum Gasteiger partial charge on any atom is 0.205 e. The highest BCUT2D eigenvalue weighted by Crippen LogP contribution is 2.10. The maximum atomic E-state index is 11.9. The van der Waals surface area contributed by atoms with Crippen molar-refractivity contribution >= 4 is 22.9 Å². The van der Waals surface area contributed by atoms with Crippen LogP contribution in [0.5, 0.6) is 0 Å². The van der Waals surface area contributed by atoms with E-state index in [9.17, 15) is 20.1 Å². The van der Waals surface area contributed by atoms with Gasteiger partial charge in [-0.3, -0.25) is 4.79 Å². The Morgan fingerprint density at radius 2 is 1.60 bits per heavy atom. The lowest BCUT2D eigenvalue weighted by molar-refractivity contribution is -0.141. The molecule has 0 radical (unpaired) electrons. The molecule has 0 saturated carbocycles. The van der Waals surface area contributed by atoms with Crippen LogP contribution >= 0.6 is 12.2 Å². The van der Waals surface area contributed by atoms with Gasteiger partial charge in [-0.15, -0.1) is 0 Å². The Hall–Kier alpha value is -1.22. The minimum absolute atomic E-state index is 0.192. The van der Waals surface area contributed by atoms with Crippen LogP contribution in [0, 0.1) is 0 Å². The molecule has 7 heteroatoms. The van der Waals surface area contributed by atoms with Crippen LogP contribution in [-0.2, 0) is 4.79 Å². The molecule has 0 bridgehead atoms. The molecule has 0 amide bonds. The van der Waals surface area contributed by atoms with E-state index in [4.69, 9.17) is 22.4 Å². The van der Waals surface area contributed by atoms with E-state index in [1.54, 1.807) is 30.3 Å². The van der Waals surface area contributed by atoms with Crippen LogP contribution in [0.3, 0.4) is 0 Å². The predicted molar refractivity (Wildman–Crippen MR) is 74.3 cm³/mol. The minimum atomic E-state index is -1.99. The third kappa shape index (κ3) is 3.89. The van der Waals surface area contributed by atoms with Gasteiger partial charge in [0, 0.05) is 0 Å². The Kier molecular flexibility index (Phi) is 6.34. The second kappa shape index (κ2) is 7.53. The fourth-order valence-corrected chi connectivity index (χ4v) is 1.80. The Morgan fingerprint density at radius 3 is 2.10 bits per heavy atom. The summed E-state index contributed by atoms with van der Waals surface area (Å²) in [6.07, 6.45) is -7.47. The van der Waals surface area contributed by atoms with Gasteiger partial charge in [-0.25, -0.2) is 0 Å². The van der Waals surface area contributed by atoms with E-state index >= 15 is 0 Å². The number of carbonyl (C=O) groups is 1. The van der Waals surface area contributed by atoms with Gasteiger partial charge in [0.25, 0.3) is 0 Å². The molecule has 1 rings (SSSR count). The molecule has 5 N–H and O–H groups in total. The van der Waals surface area contributed by atoms with Gasteiger partial charge in [0.05, 0.1) is 11.5 Å². The van der Waals surface area contributed by atoms with E-state index in [1.807, 2.05) is 0 Å².